The minimum Gasteiger partial charge on any atom is -0.456 e. The van der Waals surface area contributed by atoms with Crippen LogP contribution in [0.15, 0.2) is 48.5 Å². The number of hydrogen-bond donors (Lipinski definition) is 2. The number of ketones is 1. The summed E-state index contributed by atoms with van der Waals surface area (Å²) in [7, 11) is 0. The molecule has 0 spiro atoms. The molecular formula is C27H27FN2O4S2. The number of amides is 1. The van der Waals surface area contributed by atoms with Gasteiger partial charge in [0, 0.05) is 23.2 Å². The van der Waals surface area contributed by atoms with Gasteiger partial charge in [0.1, 0.15) is 22.3 Å². The molecule has 0 saturated carbocycles. The lowest BCUT2D eigenvalue weighted by atomic mass is 9.98. The van der Waals surface area contributed by atoms with E-state index in [0.29, 0.717) is 34.2 Å². The van der Waals surface area contributed by atoms with E-state index in [1.165, 1.54) is 23.5 Å². The molecule has 1 unspecified atom stereocenters. The highest BCUT2D eigenvalue weighted by molar-refractivity contribution is 7.98. The molecule has 1 fully saturated rings. The molecule has 0 bridgehead atoms. The summed E-state index contributed by atoms with van der Waals surface area (Å²) in [5.41, 5.74) is 1.85. The van der Waals surface area contributed by atoms with E-state index in [-0.39, 0.29) is 18.2 Å². The molecule has 6 nitrogen and oxygen atoms in total. The van der Waals surface area contributed by atoms with Gasteiger partial charge in [0.05, 0.1) is 23.8 Å². The van der Waals surface area contributed by atoms with Crippen LogP contribution in [0.5, 0.6) is 11.5 Å². The second kappa shape index (κ2) is 11.1. The van der Waals surface area contributed by atoms with Crippen molar-refractivity contribution in [1.82, 2.24) is 4.90 Å². The van der Waals surface area contributed by atoms with Gasteiger partial charge in [-0.3, -0.25) is 14.5 Å². The van der Waals surface area contributed by atoms with Gasteiger partial charge >= 0.3 is 0 Å². The first-order chi connectivity index (χ1) is 17.5. The lowest BCUT2D eigenvalue weighted by molar-refractivity contribution is -0.117. The summed E-state index contributed by atoms with van der Waals surface area (Å²) in [6.07, 6.45) is 1.94. The number of para-hydroxylation sites is 1. The number of rotatable bonds is 7. The molecule has 188 valence electrons. The first kappa shape index (κ1) is 25.0. The van der Waals surface area contributed by atoms with Crippen LogP contribution in [0.25, 0.3) is 0 Å². The van der Waals surface area contributed by atoms with Gasteiger partial charge in [0.25, 0.3) is 0 Å². The topological polar surface area (TPSA) is 78.9 Å². The normalized spacial score (nSPS) is 17.9. The highest BCUT2D eigenvalue weighted by Crippen LogP contribution is 2.41. The second-order valence-corrected chi connectivity index (χ2v) is 11.2. The lowest BCUT2D eigenvalue weighted by Gasteiger charge is -2.29. The first-order valence-corrected chi connectivity index (χ1v) is 13.9. The molecule has 3 aromatic rings. The highest BCUT2D eigenvalue weighted by atomic mass is 32.2. The number of carbonyl (C=O) groups is 2. The molecule has 9 heteroatoms. The number of thioether (sulfide) groups is 1. The first-order valence-electron chi connectivity index (χ1n) is 12.0. The van der Waals surface area contributed by atoms with Crippen molar-refractivity contribution in [1.29, 1.82) is 0 Å². The predicted molar refractivity (Wildman–Crippen MR) is 141 cm³/mol. The summed E-state index contributed by atoms with van der Waals surface area (Å²) < 4.78 is 19.6. The number of aliphatic hydroxyl groups is 1. The summed E-state index contributed by atoms with van der Waals surface area (Å²) in [6.45, 7) is 1.40. The molecule has 36 heavy (non-hydrogen) atoms. The van der Waals surface area contributed by atoms with Gasteiger partial charge in [-0.05, 0) is 61.4 Å². The quantitative estimate of drug-likeness (QED) is 0.418. The van der Waals surface area contributed by atoms with Crippen molar-refractivity contribution in [2.75, 3.05) is 30.7 Å². The number of ether oxygens (including phenoxy) is 1. The molecule has 2 aliphatic heterocycles. The number of aliphatic hydroxyl groups excluding tert-OH is 1. The van der Waals surface area contributed by atoms with E-state index in [0.717, 1.165) is 47.8 Å². The van der Waals surface area contributed by atoms with E-state index >= 15 is 0 Å². The van der Waals surface area contributed by atoms with Crippen LogP contribution in [0.1, 0.15) is 39.2 Å². The van der Waals surface area contributed by atoms with E-state index < -0.39 is 11.9 Å². The van der Waals surface area contributed by atoms with Crippen LogP contribution in [0, 0.1) is 5.82 Å². The van der Waals surface area contributed by atoms with Crippen molar-refractivity contribution in [3.63, 3.8) is 0 Å². The summed E-state index contributed by atoms with van der Waals surface area (Å²) in [6, 6.07) is 12.7. The van der Waals surface area contributed by atoms with Crippen molar-refractivity contribution in [3.8, 4) is 11.5 Å². The van der Waals surface area contributed by atoms with Crippen LogP contribution in [-0.4, -0.2) is 53.2 Å². The van der Waals surface area contributed by atoms with Gasteiger partial charge in [-0.25, -0.2) is 4.39 Å². The smallest absolute Gasteiger partial charge is 0.239 e. The fourth-order valence-corrected chi connectivity index (χ4v) is 7.03. The molecule has 2 N–H and O–H groups in total. The van der Waals surface area contributed by atoms with E-state index in [2.05, 4.69) is 5.32 Å². The molecule has 1 amide bonds. The number of likely N-dealkylation sites (tertiary alicyclic amines) is 1. The summed E-state index contributed by atoms with van der Waals surface area (Å²) >= 11 is 3.27. The van der Waals surface area contributed by atoms with Gasteiger partial charge in [-0.15, -0.1) is 11.3 Å². The second-order valence-electron chi connectivity index (χ2n) is 8.97. The van der Waals surface area contributed by atoms with Crippen molar-refractivity contribution in [2.24, 2.45) is 0 Å². The number of thiophene rings is 1. The van der Waals surface area contributed by atoms with Gasteiger partial charge in [-0.1, -0.05) is 18.2 Å². The molecule has 1 saturated heterocycles. The van der Waals surface area contributed by atoms with E-state index in [1.54, 1.807) is 36.4 Å². The Balaban J connectivity index is 1.43. The molecule has 2 aromatic carbocycles. The number of anilines is 1. The number of benzene rings is 2. The maximum Gasteiger partial charge on any atom is 0.239 e. The highest BCUT2D eigenvalue weighted by Gasteiger charge is 2.29. The third kappa shape index (κ3) is 5.64. The zero-order valence-electron chi connectivity index (χ0n) is 19.7. The summed E-state index contributed by atoms with van der Waals surface area (Å²) in [5, 5.41) is 13.5. The minimum atomic E-state index is -0.424. The van der Waals surface area contributed by atoms with E-state index in [9.17, 15) is 19.1 Å². The molecule has 2 aliphatic rings. The molecule has 5 rings (SSSR count). The zero-order valence-corrected chi connectivity index (χ0v) is 21.3. The predicted octanol–water partition coefficient (Wildman–Crippen LogP) is 5.10. The average molecular weight is 527 g/mol. The number of carbonyl (C=O) groups excluding carboxylic acids is 2. The third-order valence-corrected chi connectivity index (χ3v) is 8.62. The third-order valence-electron chi connectivity index (χ3n) is 6.30. The number of fused-ring (bicyclic) bond motifs is 1. The number of nitrogens with one attached hydrogen (secondary N) is 1. The largest absolute Gasteiger partial charge is 0.456 e. The molecule has 3 heterocycles. The zero-order chi connectivity index (χ0) is 25.1. The van der Waals surface area contributed by atoms with E-state index in [4.69, 9.17) is 4.74 Å². The fourth-order valence-electron chi connectivity index (χ4n) is 4.64. The van der Waals surface area contributed by atoms with Crippen LogP contribution in [0.2, 0.25) is 0 Å². The Labute approximate surface area is 217 Å². The molecule has 1 atom stereocenters. The van der Waals surface area contributed by atoms with Crippen LogP contribution in [0.4, 0.5) is 9.39 Å². The van der Waals surface area contributed by atoms with Gasteiger partial charge in [0.2, 0.25) is 5.91 Å². The van der Waals surface area contributed by atoms with Crippen LogP contribution < -0.4 is 10.1 Å². The van der Waals surface area contributed by atoms with Crippen LogP contribution in [-0.2, 0) is 17.0 Å². The van der Waals surface area contributed by atoms with Gasteiger partial charge < -0.3 is 15.2 Å². The Bertz CT molecular complexity index is 1280. The monoisotopic (exact) mass is 526 g/mol. The molecule has 1 aromatic heterocycles. The summed E-state index contributed by atoms with van der Waals surface area (Å²) in [5.74, 6) is 1.49. The number of nitrogens with zero attached hydrogens (tertiary/aromatic N) is 1. The Morgan fingerprint density at radius 2 is 2.06 bits per heavy atom. The van der Waals surface area contributed by atoms with Crippen LogP contribution >= 0.6 is 23.1 Å². The number of β-amino-alcohol motifs (C(OH)–C–C–N with tert-alkyl or cyclic N) is 1. The Hall–Kier alpha value is -2.72. The summed E-state index contributed by atoms with van der Waals surface area (Å²) in [4.78, 5) is 29.9. The lowest BCUT2D eigenvalue weighted by Crippen LogP contribution is -2.42. The molecule has 0 radical (unpaired) electrons. The van der Waals surface area contributed by atoms with Crippen molar-refractivity contribution >= 4 is 39.8 Å². The van der Waals surface area contributed by atoms with Crippen molar-refractivity contribution in [3.05, 3.63) is 75.9 Å². The van der Waals surface area contributed by atoms with Crippen molar-refractivity contribution in [2.45, 2.75) is 31.1 Å². The van der Waals surface area contributed by atoms with Crippen molar-refractivity contribution < 1.29 is 23.8 Å². The Morgan fingerprint density at radius 1 is 1.19 bits per heavy atom. The SMILES string of the molecule is O=C(CN1CCCC(O)C1)Nc1sc2c(c1C(=O)c1ccccc1Oc1cccc(F)c1)CCSC2. The number of piperidine rings is 1. The minimum absolute atomic E-state index is 0.168. The van der Waals surface area contributed by atoms with Gasteiger partial charge in [0.15, 0.2) is 5.78 Å². The standard InChI is InChI=1S/C27H27FN2O4S2/c28-17-5-3-7-19(13-17)34-22-9-2-1-8-20(22)26(33)25-21-10-12-35-16-23(21)36-27(25)29-24(32)15-30-11-4-6-18(31)14-30/h1-3,5,7-9,13,18,31H,4,6,10-12,14-16H2,(H,29,32). The molecule has 0 aliphatic carbocycles. The fraction of sp³-hybridized carbons (Fsp3) is 0.333. The number of hydrogen-bond acceptors (Lipinski definition) is 7. The Kier molecular flexibility index (Phi) is 7.71. The van der Waals surface area contributed by atoms with Gasteiger partial charge in [-0.2, -0.15) is 11.8 Å². The average Bonchev–Trinajstić information content (AvgIpc) is 3.21. The van der Waals surface area contributed by atoms with Crippen LogP contribution in [0.3, 0.4) is 0 Å². The van der Waals surface area contributed by atoms with E-state index in [1.807, 2.05) is 16.7 Å². The Morgan fingerprint density at radius 3 is 2.89 bits per heavy atom. The number of halogens is 1. The maximum atomic E-state index is 13.9. The maximum absolute atomic E-state index is 13.9. The molecular weight excluding hydrogens is 499 g/mol.